The molecule has 0 saturated heterocycles. The molecule has 0 saturated carbocycles. The second-order valence-electron chi connectivity index (χ2n) is 6.12. The standard InChI is InChI=1S/C22H19N3O2/c1-27-20-14-8-6-12-18(20)23-21(26)15-25-19-13-7-5-11-17(19)24-22(25)16-9-3-2-4-10-16/h2-14H,15H2,1H3,(H,23,26). The first-order valence-electron chi connectivity index (χ1n) is 8.70. The van der Waals surface area contributed by atoms with Gasteiger partial charge >= 0.3 is 0 Å². The van der Waals surface area contributed by atoms with Gasteiger partial charge in [-0.05, 0) is 24.3 Å². The molecule has 0 fully saturated rings. The summed E-state index contributed by atoms with van der Waals surface area (Å²) >= 11 is 0. The average Bonchev–Trinajstić information content (AvgIpc) is 3.07. The Morgan fingerprint density at radius 1 is 0.963 bits per heavy atom. The lowest BCUT2D eigenvalue weighted by atomic mass is 10.2. The summed E-state index contributed by atoms with van der Waals surface area (Å²) < 4.78 is 7.25. The predicted molar refractivity (Wildman–Crippen MR) is 107 cm³/mol. The Morgan fingerprint density at radius 3 is 2.48 bits per heavy atom. The van der Waals surface area contributed by atoms with Crippen molar-refractivity contribution in [3.63, 3.8) is 0 Å². The van der Waals surface area contributed by atoms with E-state index >= 15 is 0 Å². The number of nitrogens with one attached hydrogen (secondary N) is 1. The quantitative estimate of drug-likeness (QED) is 0.578. The molecule has 5 nitrogen and oxygen atoms in total. The average molecular weight is 357 g/mol. The van der Waals surface area contributed by atoms with Crippen LogP contribution >= 0.6 is 0 Å². The smallest absolute Gasteiger partial charge is 0.244 e. The number of hydrogen-bond donors (Lipinski definition) is 1. The Hall–Kier alpha value is -3.60. The summed E-state index contributed by atoms with van der Waals surface area (Å²) in [5, 5.41) is 2.93. The van der Waals surface area contributed by atoms with Crippen molar-refractivity contribution in [1.29, 1.82) is 0 Å². The number of fused-ring (bicyclic) bond motifs is 1. The number of hydrogen-bond acceptors (Lipinski definition) is 3. The number of rotatable bonds is 5. The number of methoxy groups -OCH3 is 1. The van der Waals surface area contributed by atoms with Gasteiger partial charge < -0.3 is 14.6 Å². The first-order valence-corrected chi connectivity index (χ1v) is 8.70. The van der Waals surface area contributed by atoms with Gasteiger partial charge in [-0.3, -0.25) is 4.79 Å². The third-order valence-electron chi connectivity index (χ3n) is 4.37. The second kappa shape index (κ2) is 7.33. The van der Waals surface area contributed by atoms with Crippen molar-refractivity contribution in [1.82, 2.24) is 9.55 Å². The molecule has 1 N–H and O–H groups in total. The fourth-order valence-electron chi connectivity index (χ4n) is 3.12. The highest BCUT2D eigenvalue weighted by Crippen LogP contribution is 2.26. The largest absolute Gasteiger partial charge is 0.495 e. The summed E-state index contributed by atoms with van der Waals surface area (Å²) in [4.78, 5) is 17.5. The number of carbonyl (C=O) groups is 1. The monoisotopic (exact) mass is 357 g/mol. The molecule has 0 spiro atoms. The van der Waals surface area contributed by atoms with E-state index in [-0.39, 0.29) is 12.5 Å². The summed E-state index contributed by atoms with van der Waals surface area (Å²) in [6.07, 6.45) is 0. The van der Waals surface area contributed by atoms with Crippen molar-refractivity contribution in [2.24, 2.45) is 0 Å². The van der Waals surface area contributed by atoms with Gasteiger partial charge in [-0.1, -0.05) is 54.6 Å². The van der Waals surface area contributed by atoms with E-state index in [9.17, 15) is 4.79 Å². The molecule has 0 aliphatic rings. The second-order valence-corrected chi connectivity index (χ2v) is 6.12. The lowest BCUT2D eigenvalue weighted by Crippen LogP contribution is -2.19. The van der Waals surface area contributed by atoms with Crippen LogP contribution in [-0.4, -0.2) is 22.6 Å². The summed E-state index contributed by atoms with van der Waals surface area (Å²) in [7, 11) is 1.59. The fourth-order valence-corrected chi connectivity index (χ4v) is 3.12. The minimum Gasteiger partial charge on any atom is -0.495 e. The molecule has 4 aromatic rings. The van der Waals surface area contributed by atoms with Gasteiger partial charge in [0.1, 0.15) is 18.1 Å². The van der Waals surface area contributed by atoms with Crippen molar-refractivity contribution in [3.8, 4) is 17.1 Å². The Kier molecular flexibility index (Phi) is 4.58. The zero-order valence-electron chi connectivity index (χ0n) is 14.9. The number of carbonyl (C=O) groups excluding carboxylic acids is 1. The van der Waals surface area contributed by atoms with Gasteiger partial charge in [0, 0.05) is 5.56 Å². The van der Waals surface area contributed by atoms with Gasteiger partial charge in [0.15, 0.2) is 0 Å². The molecule has 27 heavy (non-hydrogen) atoms. The number of nitrogens with zero attached hydrogens (tertiary/aromatic N) is 2. The number of anilines is 1. The van der Waals surface area contributed by atoms with Gasteiger partial charge in [0.05, 0.1) is 23.8 Å². The number of ether oxygens (including phenoxy) is 1. The van der Waals surface area contributed by atoms with Crippen molar-refractivity contribution >= 4 is 22.6 Å². The molecule has 1 amide bonds. The maximum Gasteiger partial charge on any atom is 0.244 e. The summed E-state index contributed by atoms with van der Waals surface area (Å²) in [6.45, 7) is 0.156. The number of benzene rings is 3. The first-order chi connectivity index (χ1) is 13.3. The normalized spacial score (nSPS) is 10.7. The number of para-hydroxylation sites is 4. The Balaban J connectivity index is 1.70. The molecule has 1 aromatic heterocycles. The highest BCUT2D eigenvalue weighted by atomic mass is 16.5. The first kappa shape index (κ1) is 16.8. The van der Waals surface area contributed by atoms with Gasteiger partial charge in [0.25, 0.3) is 0 Å². The van der Waals surface area contributed by atoms with E-state index in [1.807, 2.05) is 83.4 Å². The van der Waals surface area contributed by atoms with E-state index in [1.165, 1.54) is 0 Å². The summed E-state index contributed by atoms with van der Waals surface area (Å²) in [6, 6.07) is 25.1. The van der Waals surface area contributed by atoms with Crippen LogP contribution in [0.5, 0.6) is 5.75 Å². The van der Waals surface area contributed by atoms with Crippen LogP contribution in [0.15, 0.2) is 78.9 Å². The molecule has 4 rings (SSSR count). The maximum absolute atomic E-state index is 12.8. The topological polar surface area (TPSA) is 56.1 Å². The van der Waals surface area contributed by atoms with Crippen LogP contribution in [0, 0.1) is 0 Å². The number of aromatic nitrogens is 2. The van der Waals surface area contributed by atoms with E-state index in [0.29, 0.717) is 11.4 Å². The SMILES string of the molecule is COc1ccccc1NC(=O)Cn1c(-c2ccccc2)nc2ccccc21. The highest BCUT2D eigenvalue weighted by molar-refractivity contribution is 5.93. The molecule has 3 aromatic carbocycles. The third kappa shape index (κ3) is 3.40. The van der Waals surface area contributed by atoms with E-state index in [2.05, 4.69) is 5.32 Å². The van der Waals surface area contributed by atoms with E-state index in [0.717, 1.165) is 22.4 Å². The van der Waals surface area contributed by atoms with Crippen LogP contribution in [0.25, 0.3) is 22.4 Å². The lowest BCUT2D eigenvalue weighted by molar-refractivity contribution is -0.116. The molecule has 0 aliphatic carbocycles. The molecule has 5 heteroatoms. The molecule has 0 atom stereocenters. The molecule has 0 aliphatic heterocycles. The van der Waals surface area contributed by atoms with Crippen molar-refractivity contribution < 1.29 is 9.53 Å². The van der Waals surface area contributed by atoms with Crippen LogP contribution in [0.2, 0.25) is 0 Å². The molecular weight excluding hydrogens is 338 g/mol. The lowest BCUT2D eigenvalue weighted by Gasteiger charge is -2.12. The van der Waals surface area contributed by atoms with Crippen molar-refractivity contribution in [2.75, 3.05) is 12.4 Å². The van der Waals surface area contributed by atoms with Gasteiger partial charge in [0.2, 0.25) is 5.91 Å². The molecule has 134 valence electrons. The molecule has 1 heterocycles. The Morgan fingerprint density at radius 2 is 1.67 bits per heavy atom. The maximum atomic E-state index is 12.8. The molecule has 0 radical (unpaired) electrons. The summed E-state index contributed by atoms with van der Waals surface area (Å²) in [5.74, 6) is 1.26. The van der Waals surface area contributed by atoms with E-state index in [4.69, 9.17) is 9.72 Å². The van der Waals surface area contributed by atoms with Crippen LogP contribution in [0.4, 0.5) is 5.69 Å². The Labute approximate surface area is 157 Å². The zero-order valence-corrected chi connectivity index (χ0v) is 14.9. The van der Waals surface area contributed by atoms with Crippen molar-refractivity contribution in [2.45, 2.75) is 6.54 Å². The van der Waals surface area contributed by atoms with Crippen LogP contribution in [-0.2, 0) is 11.3 Å². The molecular formula is C22H19N3O2. The third-order valence-corrected chi connectivity index (χ3v) is 4.37. The van der Waals surface area contributed by atoms with Crippen molar-refractivity contribution in [3.05, 3.63) is 78.9 Å². The Bertz CT molecular complexity index is 1090. The fraction of sp³-hybridized carbons (Fsp3) is 0.0909. The summed E-state index contributed by atoms with van der Waals surface area (Å²) in [5.41, 5.74) is 3.41. The van der Waals surface area contributed by atoms with Gasteiger partial charge in [-0.25, -0.2) is 4.98 Å². The highest BCUT2D eigenvalue weighted by Gasteiger charge is 2.15. The van der Waals surface area contributed by atoms with Gasteiger partial charge in [-0.15, -0.1) is 0 Å². The van der Waals surface area contributed by atoms with Crippen LogP contribution in [0.1, 0.15) is 0 Å². The minimum absolute atomic E-state index is 0.139. The molecule has 0 unspecified atom stereocenters. The van der Waals surface area contributed by atoms with Gasteiger partial charge in [-0.2, -0.15) is 0 Å². The van der Waals surface area contributed by atoms with E-state index < -0.39 is 0 Å². The van der Waals surface area contributed by atoms with E-state index in [1.54, 1.807) is 7.11 Å². The minimum atomic E-state index is -0.139. The predicted octanol–water partition coefficient (Wildman–Crippen LogP) is 4.35. The number of imidazole rings is 1. The van der Waals surface area contributed by atoms with Crippen LogP contribution in [0.3, 0.4) is 0 Å². The molecule has 0 bridgehead atoms. The zero-order chi connectivity index (χ0) is 18.6. The number of amides is 1. The van der Waals surface area contributed by atoms with Crippen LogP contribution < -0.4 is 10.1 Å².